The molecule has 152 valence electrons. The van der Waals surface area contributed by atoms with E-state index in [1.54, 1.807) is 30.3 Å². The van der Waals surface area contributed by atoms with Crippen molar-refractivity contribution in [2.45, 2.75) is 39.3 Å². The molecule has 1 heterocycles. The molecule has 3 rings (SSSR count). The summed E-state index contributed by atoms with van der Waals surface area (Å²) in [5, 5.41) is 8.34. The first-order chi connectivity index (χ1) is 13.9. The van der Waals surface area contributed by atoms with Gasteiger partial charge in [0.2, 0.25) is 5.91 Å². The second-order valence-corrected chi connectivity index (χ2v) is 7.40. The summed E-state index contributed by atoms with van der Waals surface area (Å²) in [6.07, 6.45) is 1.49. The van der Waals surface area contributed by atoms with Crippen LogP contribution >= 0.6 is 0 Å². The van der Waals surface area contributed by atoms with E-state index in [-0.39, 0.29) is 23.9 Å². The Labute approximate surface area is 170 Å². The SMILES string of the molecule is CC(C)NC(=O)Nc1ccc(NC(=O)c2cccc(CN3CCCC3=O)c2)cc1. The number of carbonyl (C=O) groups excluding carboxylic acids is 3. The van der Waals surface area contributed by atoms with Gasteiger partial charge >= 0.3 is 6.03 Å². The summed E-state index contributed by atoms with van der Waals surface area (Å²) in [5.41, 5.74) is 2.74. The molecule has 0 atom stereocenters. The Bertz CT molecular complexity index is 893. The predicted octanol–water partition coefficient (Wildman–Crippen LogP) is 3.59. The zero-order valence-corrected chi connectivity index (χ0v) is 16.7. The smallest absolute Gasteiger partial charge is 0.319 e. The summed E-state index contributed by atoms with van der Waals surface area (Å²) in [7, 11) is 0. The van der Waals surface area contributed by atoms with Crippen molar-refractivity contribution >= 4 is 29.2 Å². The Balaban J connectivity index is 1.59. The molecule has 0 spiro atoms. The Morgan fingerprint density at radius 2 is 1.72 bits per heavy atom. The van der Waals surface area contributed by atoms with Crippen molar-refractivity contribution in [1.82, 2.24) is 10.2 Å². The number of carbonyl (C=O) groups is 3. The minimum Gasteiger partial charge on any atom is -0.338 e. The van der Waals surface area contributed by atoms with Crippen molar-refractivity contribution in [3.63, 3.8) is 0 Å². The maximum atomic E-state index is 12.6. The van der Waals surface area contributed by atoms with Crippen molar-refractivity contribution in [3.05, 3.63) is 59.7 Å². The Hall–Kier alpha value is -3.35. The van der Waals surface area contributed by atoms with Gasteiger partial charge in [0.15, 0.2) is 0 Å². The number of rotatable bonds is 6. The van der Waals surface area contributed by atoms with Crippen LogP contribution in [0, 0.1) is 0 Å². The molecule has 0 unspecified atom stereocenters. The number of anilines is 2. The summed E-state index contributed by atoms with van der Waals surface area (Å²) in [4.78, 5) is 37.9. The third-order valence-electron chi connectivity index (χ3n) is 4.55. The number of nitrogens with zero attached hydrogens (tertiary/aromatic N) is 1. The van der Waals surface area contributed by atoms with Gasteiger partial charge in [0.25, 0.3) is 5.91 Å². The molecule has 1 fully saturated rings. The highest BCUT2D eigenvalue weighted by molar-refractivity contribution is 6.04. The Kier molecular flexibility index (Phi) is 6.49. The molecule has 0 saturated carbocycles. The number of hydrogen-bond donors (Lipinski definition) is 3. The molecule has 1 saturated heterocycles. The summed E-state index contributed by atoms with van der Waals surface area (Å²) in [6.45, 7) is 5.07. The van der Waals surface area contributed by atoms with Gasteiger partial charge in [0.05, 0.1) is 0 Å². The van der Waals surface area contributed by atoms with Gasteiger partial charge in [-0.15, -0.1) is 0 Å². The third kappa shape index (κ3) is 5.81. The number of likely N-dealkylation sites (tertiary alicyclic amines) is 1. The average Bonchev–Trinajstić information content (AvgIpc) is 3.07. The van der Waals surface area contributed by atoms with Gasteiger partial charge in [-0.2, -0.15) is 0 Å². The fraction of sp³-hybridized carbons (Fsp3) is 0.318. The first-order valence-corrected chi connectivity index (χ1v) is 9.76. The van der Waals surface area contributed by atoms with Gasteiger partial charge in [-0.25, -0.2) is 4.79 Å². The molecule has 7 heteroatoms. The lowest BCUT2D eigenvalue weighted by Gasteiger charge is -2.16. The van der Waals surface area contributed by atoms with Crippen LogP contribution in [-0.4, -0.2) is 35.3 Å². The van der Waals surface area contributed by atoms with Crippen molar-refractivity contribution in [2.24, 2.45) is 0 Å². The molecule has 0 bridgehead atoms. The Morgan fingerprint density at radius 3 is 2.34 bits per heavy atom. The van der Waals surface area contributed by atoms with E-state index in [2.05, 4.69) is 16.0 Å². The van der Waals surface area contributed by atoms with E-state index in [1.807, 2.05) is 36.9 Å². The minimum atomic E-state index is -0.273. The molecule has 2 aromatic carbocycles. The van der Waals surface area contributed by atoms with Crippen LogP contribution in [0.5, 0.6) is 0 Å². The molecular weight excluding hydrogens is 368 g/mol. The summed E-state index contributed by atoms with van der Waals surface area (Å²) < 4.78 is 0. The lowest BCUT2D eigenvalue weighted by atomic mass is 10.1. The van der Waals surface area contributed by atoms with Crippen LogP contribution in [0.3, 0.4) is 0 Å². The number of amides is 4. The van der Waals surface area contributed by atoms with E-state index in [1.165, 1.54) is 0 Å². The largest absolute Gasteiger partial charge is 0.338 e. The van der Waals surface area contributed by atoms with Gasteiger partial charge in [0, 0.05) is 42.5 Å². The van der Waals surface area contributed by atoms with E-state index in [0.717, 1.165) is 18.5 Å². The lowest BCUT2D eigenvalue weighted by molar-refractivity contribution is -0.128. The van der Waals surface area contributed by atoms with Gasteiger partial charge in [-0.1, -0.05) is 12.1 Å². The number of nitrogens with one attached hydrogen (secondary N) is 3. The van der Waals surface area contributed by atoms with Crippen LogP contribution in [0.4, 0.5) is 16.2 Å². The standard InChI is InChI=1S/C22H26N4O3/c1-15(2)23-22(29)25-19-10-8-18(9-11-19)24-21(28)17-6-3-5-16(13-17)14-26-12-4-7-20(26)27/h3,5-6,8-11,13,15H,4,7,12,14H2,1-2H3,(H,24,28)(H2,23,25,29). The second kappa shape index (κ2) is 9.23. The van der Waals surface area contributed by atoms with Crippen LogP contribution in [0.2, 0.25) is 0 Å². The third-order valence-corrected chi connectivity index (χ3v) is 4.55. The molecule has 1 aliphatic rings. The first-order valence-electron chi connectivity index (χ1n) is 9.76. The normalized spacial score (nSPS) is 13.5. The van der Waals surface area contributed by atoms with Crippen LogP contribution in [0.15, 0.2) is 48.5 Å². The molecular formula is C22H26N4O3. The monoisotopic (exact) mass is 394 g/mol. The lowest BCUT2D eigenvalue weighted by Crippen LogP contribution is -2.34. The topological polar surface area (TPSA) is 90.5 Å². The quantitative estimate of drug-likeness (QED) is 0.699. The maximum absolute atomic E-state index is 12.6. The van der Waals surface area contributed by atoms with E-state index < -0.39 is 0 Å². The summed E-state index contributed by atoms with van der Waals surface area (Å²) in [6, 6.07) is 14.0. The predicted molar refractivity (Wildman–Crippen MR) is 113 cm³/mol. The zero-order chi connectivity index (χ0) is 20.8. The van der Waals surface area contributed by atoms with E-state index >= 15 is 0 Å². The van der Waals surface area contributed by atoms with Gasteiger partial charge < -0.3 is 20.9 Å². The zero-order valence-electron chi connectivity index (χ0n) is 16.7. The van der Waals surface area contributed by atoms with E-state index in [0.29, 0.717) is 29.9 Å². The fourth-order valence-corrected chi connectivity index (χ4v) is 3.17. The second-order valence-electron chi connectivity index (χ2n) is 7.40. The van der Waals surface area contributed by atoms with Crippen LogP contribution < -0.4 is 16.0 Å². The van der Waals surface area contributed by atoms with Crippen molar-refractivity contribution in [2.75, 3.05) is 17.2 Å². The molecule has 0 aliphatic carbocycles. The molecule has 2 aromatic rings. The van der Waals surface area contributed by atoms with Crippen molar-refractivity contribution in [3.8, 4) is 0 Å². The van der Waals surface area contributed by atoms with Crippen LogP contribution in [-0.2, 0) is 11.3 Å². The maximum Gasteiger partial charge on any atom is 0.319 e. The molecule has 4 amide bonds. The fourth-order valence-electron chi connectivity index (χ4n) is 3.17. The summed E-state index contributed by atoms with van der Waals surface area (Å²) in [5.74, 6) is -0.0616. The van der Waals surface area contributed by atoms with Gasteiger partial charge in [-0.05, 0) is 62.2 Å². The highest BCUT2D eigenvalue weighted by Crippen LogP contribution is 2.17. The number of hydrogen-bond acceptors (Lipinski definition) is 3. The average molecular weight is 394 g/mol. The molecule has 7 nitrogen and oxygen atoms in total. The van der Waals surface area contributed by atoms with Gasteiger partial charge in [0.1, 0.15) is 0 Å². The number of urea groups is 1. The molecule has 29 heavy (non-hydrogen) atoms. The molecule has 0 radical (unpaired) electrons. The van der Waals surface area contributed by atoms with Gasteiger partial charge in [-0.3, -0.25) is 9.59 Å². The minimum absolute atomic E-state index is 0.0490. The first kappa shape index (κ1) is 20.4. The molecule has 0 aromatic heterocycles. The highest BCUT2D eigenvalue weighted by atomic mass is 16.2. The van der Waals surface area contributed by atoms with Crippen molar-refractivity contribution in [1.29, 1.82) is 0 Å². The molecule has 3 N–H and O–H groups in total. The van der Waals surface area contributed by atoms with Crippen LogP contribution in [0.1, 0.15) is 42.6 Å². The van der Waals surface area contributed by atoms with Crippen LogP contribution in [0.25, 0.3) is 0 Å². The Morgan fingerprint density at radius 1 is 1.03 bits per heavy atom. The summed E-state index contributed by atoms with van der Waals surface area (Å²) >= 11 is 0. The van der Waals surface area contributed by atoms with E-state index in [4.69, 9.17) is 0 Å². The highest BCUT2D eigenvalue weighted by Gasteiger charge is 2.20. The van der Waals surface area contributed by atoms with Crippen molar-refractivity contribution < 1.29 is 14.4 Å². The molecule has 1 aliphatic heterocycles. The number of benzene rings is 2. The van der Waals surface area contributed by atoms with E-state index in [9.17, 15) is 14.4 Å².